The van der Waals surface area contributed by atoms with Crippen molar-refractivity contribution in [2.75, 3.05) is 0 Å². The molecule has 1 aliphatic carbocycles. The Labute approximate surface area is 111 Å². The van der Waals surface area contributed by atoms with Gasteiger partial charge in [0, 0.05) is 17.7 Å². The molecule has 0 bridgehead atoms. The Hall–Kier alpha value is -1.91. The standard InChI is InChI=1S/C14H17N3O2/c1-9-13(14(18)19)17-8-15-11(7-12(17)16-9)10-5-3-2-4-6-10/h7-8,10H,2-6H2,1H3,(H,18,19). The van der Waals surface area contributed by atoms with Gasteiger partial charge in [0.15, 0.2) is 5.69 Å². The third-order valence-electron chi connectivity index (χ3n) is 3.94. The number of hydrogen-bond acceptors (Lipinski definition) is 3. The van der Waals surface area contributed by atoms with E-state index in [-0.39, 0.29) is 5.69 Å². The van der Waals surface area contributed by atoms with Crippen LogP contribution in [0.2, 0.25) is 0 Å². The van der Waals surface area contributed by atoms with Gasteiger partial charge in [-0.2, -0.15) is 0 Å². The van der Waals surface area contributed by atoms with Gasteiger partial charge in [-0.05, 0) is 19.8 Å². The van der Waals surface area contributed by atoms with Gasteiger partial charge in [-0.25, -0.2) is 14.8 Å². The second-order valence-electron chi connectivity index (χ2n) is 5.23. The van der Waals surface area contributed by atoms with E-state index in [9.17, 15) is 9.90 Å². The van der Waals surface area contributed by atoms with E-state index in [1.165, 1.54) is 32.1 Å². The largest absolute Gasteiger partial charge is 0.477 e. The van der Waals surface area contributed by atoms with E-state index in [2.05, 4.69) is 9.97 Å². The molecule has 1 saturated carbocycles. The first kappa shape index (κ1) is 12.1. The van der Waals surface area contributed by atoms with Gasteiger partial charge in [-0.1, -0.05) is 19.3 Å². The highest BCUT2D eigenvalue weighted by Gasteiger charge is 2.20. The fourth-order valence-electron chi connectivity index (χ4n) is 2.96. The third kappa shape index (κ3) is 2.09. The minimum Gasteiger partial charge on any atom is -0.477 e. The van der Waals surface area contributed by atoms with Crippen LogP contribution in [0.4, 0.5) is 0 Å². The molecule has 0 saturated heterocycles. The summed E-state index contributed by atoms with van der Waals surface area (Å²) in [5.74, 6) is -0.457. The van der Waals surface area contributed by atoms with Crippen molar-refractivity contribution in [1.82, 2.24) is 14.4 Å². The predicted octanol–water partition coefficient (Wildman–Crippen LogP) is 2.78. The molecule has 0 unspecified atom stereocenters. The van der Waals surface area contributed by atoms with Gasteiger partial charge in [-0.15, -0.1) is 0 Å². The molecule has 0 spiro atoms. The van der Waals surface area contributed by atoms with Gasteiger partial charge in [0.05, 0.1) is 5.69 Å². The van der Waals surface area contributed by atoms with Crippen LogP contribution in [0, 0.1) is 6.92 Å². The maximum atomic E-state index is 11.2. The molecule has 0 aliphatic heterocycles. The van der Waals surface area contributed by atoms with Gasteiger partial charge in [0.25, 0.3) is 0 Å². The van der Waals surface area contributed by atoms with Gasteiger partial charge >= 0.3 is 5.97 Å². The third-order valence-corrected chi connectivity index (χ3v) is 3.94. The Kier molecular flexibility index (Phi) is 2.97. The van der Waals surface area contributed by atoms with E-state index < -0.39 is 5.97 Å². The van der Waals surface area contributed by atoms with E-state index in [4.69, 9.17) is 0 Å². The van der Waals surface area contributed by atoms with Crippen LogP contribution in [0.5, 0.6) is 0 Å². The summed E-state index contributed by atoms with van der Waals surface area (Å²) >= 11 is 0. The number of fused-ring (bicyclic) bond motifs is 1. The van der Waals surface area contributed by atoms with Crippen molar-refractivity contribution in [2.24, 2.45) is 0 Å². The number of nitrogens with zero attached hydrogens (tertiary/aromatic N) is 3. The highest BCUT2D eigenvalue weighted by Crippen LogP contribution is 2.31. The quantitative estimate of drug-likeness (QED) is 0.900. The van der Waals surface area contributed by atoms with Crippen LogP contribution in [-0.4, -0.2) is 25.4 Å². The number of aryl methyl sites for hydroxylation is 1. The van der Waals surface area contributed by atoms with Crippen LogP contribution in [0.1, 0.15) is 59.9 Å². The molecule has 19 heavy (non-hydrogen) atoms. The SMILES string of the molecule is Cc1nc2cc(C3CCCCC3)ncn2c1C(=O)O. The molecule has 5 heteroatoms. The van der Waals surface area contributed by atoms with Gasteiger partial charge in [-0.3, -0.25) is 4.40 Å². The van der Waals surface area contributed by atoms with Gasteiger partial charge < -0.3 is 5.11 Å². The van der Waals surface area contributed by atoms with Crippen LogP contribution in [0.3, 0.4) is 0 Å². The fourth-order valence-corrected chi connectivity index (χ4v) is 2.96. The summed E-state index contributed by atoms with van der Waals surface area (Å²) in [4.78, 5) is 20.0. The van der Waals surface area contributed by atoms with Crippen molar-refractivity contribution in [3.63, 3.8) is 0 Å². The highest BCUT2D eigenvalue weighted by molar-refractivity contribution is 5.88. The predicted molar refractivity (Wildman–Crippen MR) is 70.5 cm³/mol. The zero-order valence-corrected chi connectivity index (χ0v) is 11.0. The summed E-state index contributed by atoms with van der Waals surface area (Å²) in [6, 6.07) is 1.94. The molecular weight excluding hydrogens is 242 g/mol. The van der Waals surface area contributed by atoms with Crippen LogP contribution >= 0.6 is 0 Å². The molecule has 5 nitrogen and oxygen atoms in total. The topological polar surface area (TPSA) is 67.5 Å². The van der Waals surface area contributed by atoms with Crippen molar-refractivity contribution in [2.45, 2.75) is 44.9 Å². The van der Waals surface area contributed by atoms with E-state index in [0.717, 1.165) is 5.69 Å². The van der Waals surface area contributed by atoms with E-state index in [0.29, 0.717) is 17.3 Å². The van der Waals surface area contributed by atoms with Crippen LogP contribution in [0.15, 0.2) is 12.4 Å². The maximum Gasteiger partial charge on any atom is 0.354 e. The van der Waals surface area contributed by atoms with Crippen molar-refractivity contribution >= 4 is 11.6 Å². The molecule has 0 amide bonds. The van der Waals surface area contributed by atoms with Gasteiger partial charge in [0.2, 0.25) is 0 Å². The van der Waals surface area contributed by atoms with Crippen LogP contribution in [-0.2, 0) is 0 Å². The zero-order valence-electron chi connectivity index (χ0n) is 11.0. The van der Waals surface area contributed by atoms with E-state index in [1.54, 1.807) is 17.7 Å². The zero-order chi connectivity index (χ0) is 13.4. The molecule has 0 aromatic carbocycles. The van der Waals surface area contributed by atoms with E-state index >= 15 is 0 Å². The second kappa shape index (κ2) is 4.64. The highest BCUT2D eigenvalue weighted by atomic mass is 16.4. The lowest BCUT2D eigenvalue weighted by Gasteiger charge is -2.20. The Morgan fingerprint density at radius 3 is 2.79 bits per heavy atom. The monoisotopic (exact) mass is 259 g/mol. The average molecular weight is 259 g/mol. The first-order valence-corrected chi connectivity index (χ1v) is 6.74. The molecule has 100 valence electrons. The number of aromatic carboxylic acids is 1. The summed E-state index contributed by atoms with van der Waals surface area (Å²) in [5.41, 5.74) is 2.48. The Morgan fingerprint density at radius 1 is 1.37 bits per heavy atom. The first-order valence-electron chi connectivity index (χ1n) is 6.74. The number of hydrogen-bond donors (Lipinski definition) is 1. The number of rotatable bonds is 2. The molecular formula is C14H17N3O2. The number of carbonyl (C=O) groups is 1. The molecule has 3 rings (SSSR count). The molecule has 2 heterocycles. The normalized spacial score (nSPS) is 16.9. The molecule has 1 N–H and O–H groups in total. The molecule has 0 radical (unpaired) electrons. The smallest absolute Gasteiger partial charge is 0.354 e. The summed E-state index contributed by atoms with van der Waals surface area (Å²) in [6.07, 6.45) is 7.77. The second-order valence-corrected chi connectivity index (χ2v) is 5.23. The minimum absolute atomic E-state index is 0.206. The average Bonchev–Trinajstić information content (AvgIpc) is 2.74. The van der Waals surface area contributed by atoms with Crippen molar-refractivity contribution < 1.29 is 9.90 Å². The van der Waals surface area contributed by atoms with Crippen LogP contribution in [0.25, 0.3) is 5.65 Å². The van der Waals surface area contributed by atoms with Crippen LogP contribution < -0.4 is 0 Å². The lowest BCUT2D eigenvalue weighted by molar-refractivity contribution is 0.0688. The number of carboxylic acids is 1. The lowest BCUT2D eigenvalue weighted by Crippen LogP contribution is -2.09. The molecule has 1 aliphatic rings. The van der Waals surface area contributed by atoms with E-state index in [1.807, 2.05) is 6.07 Å². The van der Waals surface area contributed by atoms with Crippen molar-refractivity contribution in [1.29, 1.82) is 0 Å². The maximum absolute atomic E-state index is 11.2. The molecule has 2 aromatic rings. The molecule has 0 atom stereocenters. The van der Waals surface area contributed by atoms with Gasteiger partial charge in [0.1, 0.15) is 12.0 Å². The van der Waals surface area contributed by atoms with Crippen molar-refractivity contribution in [3.8, 4) is 0 Å². The summed E-state index contributed by atoms with van der Waals surface area (Å²) in [6.45, 7) is 1.72. The molecule has 2 aromatic heterocycles. The molecule has 1 fully saturated rings. The summed E-state index contributed by atoms with van der Waals surface area (Å²) in [7, 11) is 0. The summed E-state index contributed by atoms with van der Waals surface area (Å²) in [5, 5.41) is 9.18. The Bertz CT molecular complexity index is 627. The fraction of sp³-hybridized carbons (Fsp3) is 0.500. The summed E-state index contributed by atoms with van der Waals surface area (Å²) < 4.78 is 1.56. The van der Waals surface area contributed by atoms with Crippen molar-refractivity contribution in [3.05, 3.63) is 29.5 Å². The lowest BCUT2D eigenvalue weighted by atomic mass is 9.87. The number of aromatic nitrogens is 3. The number of carboxylic acid groups (broad SMARTS) is 1. The minimum atomic E-state index is -0.961. The Balaban J connectivity index is 2.04. The first-order chi connectivity index (χ1) is 9.16. The Morgan fingerprint density at radius 2 is 2.11 bits per heavy atom. The number of imidazole rings is 1.